The van der Waals surface area contributed by atoms with Crippen molar-refractivity contribution in [1.29, 1.82) is 0 Å². The molecule has 18 heavy (non-hydrogen) atoms. The summed E-state index contributed by atoms with van der Waals surface area (Å²) in [6.07, 6.45) is 0.917. The van der Waals surface area contributed by atoms with Crippen LogP contribution in [-0.4, -0.2) is 29.9 Å². The van der Waals surface area contributed by atoms with E-state index in [1.807, 2.05) is 29.7 Å². The van der Waals surface area contributed by atoms with E-state index < -0.39 is 0 Å². The topological polar surface area (TPSA) is 62.3 Å². The maximum absolute atomic E-state index is 5.95. The maximum Gasteiger partial charge on any atom is 0.201 e. The summed E-state index contributed by atoms with van der Waals surface area (Å²) in [4.78, 5) is 4.36. The fourth-order valence-electron chi connectivity index (χ4n) is 2.01. The Hall–Kier alpha value is -1.75. The predicted molar refractivity (Wildman–Crippen MR) is 71.8 cm³/mol. The molecule has 1 heterocycles. The first-order chi connectivity index (χ1) is 8.77. The molecule has 2 N–H and O–H groups in total. The summed E-state index contributed by atoms with van der Waals surface area (Å²) < 4.78 is 12.6. The first kappa shape index (κ1) is 12.7. The highest BCUT2D eigenvalue weighted by atomic mass is 16.5. The third kappa shape index (κ3) is 2.41. The second-order valence-electron chi connectivity index (χ2n) is 4.00. The van der Waals surface area contributed by atoms with E-state index in [2.05, 4.69) is 4.98 Å². The number of fused-ring (bicyclic) bond motifs is 1. The van der Waals surface area contributed by atoms with Crippen LogP contribution in [0.15, 0.2) is 18.2 Å². The van der Waals surface area contributed by atoms with Crippen LogP contribution in [0.25, 0.3) is 11.0 Å². The number of methoxy groups -OCH3 is 1. The summed E-state index contributed by atoms with van der Waals surface area (Å²) in [7, 11) is 1.64. The first-order valence-corrected chi connectivity index (χ1v) is 6.14. The number of aryl methyl sites for hydroxylation is 1. The normalized spacial score (nSPS) is 11.0. The molecule has 0 saturated carbocycles. The molecule has 5 nitrogen and oxygen atoms in total. The lowest BCUT2D eigenvalue weighted by Gasteiger charge is -2.06. The van der Waals surface area contributed by atoms with Crippen molar-refractivity contribution in [3.63, 3.8) is 0 Å². The fourth-order valence-corrected chi connectivity index (χ4v) is 2.01. The Kier molecular flexibility index (Phi) is 4.04. The number of aromatic nitrogens is 2. The Morgan fingerprint density at radius 2 is 2.22 bits per heavy atom. The van der Waals surface area contributed by atoms with E-state index in [1.54, 1.807) is 7.11 Å². The van der Waals surface area contributed by atoms with Gasteiger partial charge in [-0.1, -0.05) is 6.07 Å². The van der Waals surface area contributed by atoms with E-state index in [4.69, 9.17) is 15.2 Å². The van der Waals surface area contributed by atoms with Gasteiger partial charge in [-0.2, -0.15) is 0 Å². The summed E-state index contributed by atoms with van der Waals surface area (Å²) in [5.74, 6) is 1.27. The van der Waals surface area contributed by atoms with Gasteiger partial charge in [0.2, 0.25) is 5.95 Å². The van der Waals surface area contributed by atoms with Crippen molar-refractivity contribution < 1.29 is 9.47 Å². The molecule has 0 saturated heterocycles. The molecule has 0 atom stereocenters. The van der Waals surface area contributed by atoms with Crippen LogP contribution in [0.4, 0.5) is 5.95 Å². The van der Waals surface area contributed by atoms with E-state index in [0.29, 0.717) is 5.95 Å². The lowest BCUT2D eigenvalue weighted by Crippen LogP contribution is -2.06. The molecule has 2 aromatic rings. The number of imidazole rings is 1. The van der Waals surface area contributed by atoms with Gasteiger partial charge in [-0.15, -0.1) is 0 Å². The Labute approximate surface area is 107 Å². The number of anilines is 1. The number of ether oxygens (including phenoxy) is 2. The molecule has 0 fully saturated rings. The average molecular weight is 249 g/mol. The van der Waals surface area contributed by atoms with E-state index in [1.165, 1.54) is 0 Å². The Balaban J connectivity index is 2.24. The monoisotopic (exact) mass is 249 g/mol. The summed E-state index contributed by atoms with van der Waals surface area (Å²) >= 11 is 0. The lowest BCUT2D eigenvalue weighted by molar-refractivity contribution is 0.142. The number of nitrogens with two attached hydrogens (primary N) is 1. The molecular weight excluding hydrogens is 230 g/mol. The van der Waals surface area contributed by atoms with Crippen molar-refractivity contribution in [2.75, 3.05) is 26.1 Å². The van der Waals surface area contributed by atoms with Gasteiger partial charge in [0, 0.05) is 19.8 Å². The summed E-state index contributed by atoms with van der Waals surface area (Å²) in [5.41, 5.74) is 7.76. The SMILES string of the molecule is CCOCCCn1c(N)nc2c(OC)cccc21. The third-order valence-electron chi connectivity index (χ3n) is 2.87. The van der Waals surface area contributed by atoms with E-state index in [-0.39, 0.29) is 0 Å². The van der Waals surface area contributed by atoms with Crippen molar-refractivity contribution in [3.8, 4) is 5.75 Å². The van der Waals surface area contributed by atoms with Gasteiger partial charge < -0.3 is 19.8 Å². The Morgan fingerprint density at radius 3 is 2.94 bits per heavy atom. The molecule has 0 unspecified atom stereocenters. The summed E-state index contributed by atoms with van der Waals surface area (Å²) in [6.45, 7) is 4.27. The molecular formula is C13H19N3O2. The zero-order valence-corrected chi connectivity index (χ0v) is 10.8. The zero-order chi connectivity index (χ0) is 13.0. The van der Waals surface area contributed by atoms with Crippen LogP contribution >= 0.6 is 0 Å². The van der Waals surface area contributed by atoms with Gasteiger partial charge in [0.15, 0.2) is 0 Å². The minimum atomic E-state index is 0.519. The molecule has 0 aliphatic rings. The smallest absolute Gasteiger partial charge is 0.201 e. The van der Waals surface area contributed by atoms with Crippen LogP contribution in [0.2, 0.25) is 0 Å². The summed E-state index contributed by atoms with van der Waals surface area (Å²) in [5, 5.41) is 0. The standard InChI is InChI=1S/C13H19N3O2/c1-3-18-9-5-8-16-10-6-4-7-11(17-2)12(10)15-13(16)14/h4,6-7H,3,5,8-9H2,1-2H3,(H2,14,15). The molecule has 0 bridgehead atoms. The fraction of sp³-hybridized carbons (Fsp3) is 0.462. The largest absolute Gasteiger partial charge is 0.494 e. The van der Waals surface area contributed by atoms with Gasteiger partial charge in [-0.05, 0) is 25.5 Å². The number of hydrogen-bond donors (Lipinski definition) is 1. The second kappa shape index (κ2) is 5.73. The van der Waals surface area contributed by atoms with Crippen LogP contribution < -0.4 is 10.5 Å². The highest BCUT2D eigenvalue weighted by molar-refractivity contribution is 5.84. The average Bonchev–Trinajstić information content (AvgIpc) is 2.70. The van der Waals surface area contributed by atoms with Crippen LogP contribution in [0.5, 0.6) is 5.75 Å². The van der Waals surface area contributed by atoms with Crippen molar-refractivity contribution >= 4 is 17.0 Å². The number of rotatable bonds is 6. The minimum absolute atomic E-state index is 0.519. The lowest BCUT2D eigenvalue weighted by atomic mass is 10.3. The number of para-hydroxylation sites is 1. The molecule has 0 amide bonds. The first-order valence-electron chi connectivity index (χ1n) is 6.14. The van der Waals surface area contributed by atoms with Gasteiger partial charge in [-0.3, -0.25) is 0 Å². The van der Waals surface area contributed by atoms with Crippen molar-refractivity contribution in [2.24, 2.45) is 0 Å². The number of nitrogen functional groups attached to an aromatic ring is 1. The van der Waals surface area contributed by atoms with Gasteiger partial charge in [-0.25, -0.2) is 4.98 Å². The third-order valence-corrected chi connectivity index (χ3v) is 2.87. The van der Waals surface area contributed by atoms with Crippen molar-refractivity contribution in [2.45, 2.75) is 19.9 Å². The van der Waals surface area contributed by atoms with Gasteiger partial charge >= 0.3 is 0 Å². The summed E-state index contributed by atoms with van der Waals surface area (Å²) in [6, 6.07) is 5.84. The molecule has 98 valence electrons. The Morgan fingerprint density at radius 1 is 1.39 bits per heavy atom. The Bertz CT molecular complexity index is 522. The number of hydrogen-bond acceptors (Lipinski definition) is 4. The zero-order valence-electron chi connectivity index (χ0n) is 10.8. The van der Waals surface area contributed by atoms with Crippen LogP contribution in [0, 0.1) is 0 Å². The molecule has 5 heteroatoms. The molecule has 0 aliphatic carbocycles. The van der Waals surface area contributed by atoms with Gasteiger partial charge in [0.1, 0.15) is 11.3 Å². The number of nitrogens with zero attached hydrogens (tertiary/aromatic N) is 2. The highest BCUT2D eigenvalue weighted by Gasteiger charge is 2.11. The molecule has 1 aromatic heterocycles. The highest BCUT2D eigenvalue weighted by Crippen LogP contribution is 2.26. The molecule has 0 radical (unpaired) electrons. The van der Waals surface area contributed by atoms with Crippen LogP contribution in [0.1, 0.15) is 13.3 Å². The van der Waals surface area contributed by atoms with Gasteiger partial charge in [0.25, 0.3) is 0 Å². The predicted octanol–water partition coefficient (Wildman–Crippen LogP) is 2.05. The van der Waals surface area contributed by atoms with Crippen LogP contribution in [-0.2, 0) is 11.3 Å². The molecule has 0 spiro atoms. The number of benzene rings is 1. The maximum atomic E-state index is 5.95. The second-order valence-corrected chi connectivity index (χ2v) is 4.00. The van der Waals surface area contributed by atoms with E-state index in [0.717, 1.165) is 43.0 Å². The quantitative estimate of drug-likeness (QED) is 0.796. The minimum Gasteiger partial charge on any atom is -0.494 e. The van der Waals surface area contributed by atoms with Crippen molar-refractivity contribution in [3.05, 3.63) is 18.2 Å². The molecule has 1 aromatic carbocycles. The van der Waals surface area contributed by atoms with Gasteiger partial charge in [0.05, 0.1) is 12.6 Å². The molecule has 0 aliphatic heterocycles. The van der Waals surface area contributed by atoms with Crippen LogP contribution in [0.3, 0.4) is 0 Å². The van der Waals surface area contributed by atoms with Crippen molar-refractivity contribution in [1.82, 2.24) is 9.55 Å². The molecule has 2 rings (SSSR count). The van der Waals surface area contributed by atoms with E-state index >= 15 is 0 Å². The van der Waals surface area contributed by atoms with E-state index in [9.17, 15) is 0 Å².